The van der Waals surface area contributed by atoms with Crippen molar-refractivity contribution in [2.45, 2.75) is 44.6 Å². The van der Waals surface area contributed by atoms with Crippen molar-refractivity contribution in [2.75, 3.05) is 27.2 Å². The van der Waals surface area contributed by atoms with Gasteiger partial charge >= 0.3 is 5.97 Å². The number of hydrogen-bond acceptors (Lipinski definition) is 6. The van der Waals surface area contributed by atoms with E-state index in [9.17, 15) is 9.59 Å². The van der Waals surface area contributed by atoms with Gasteiger partial charge in [0.15, 0.2) is 0 Å². The smallest absolute Gasteiger partial charge is 0.308 e. The number of ether oxygens (including phenoxy) is 1. The highest BCUT2D eigenvalue weighted by Crippen LogP contribution is 2.30. The number of nitrogens with one attached hydrogen (secondary N) is 1. The van der Waals surface area contributed by atoms with Crippen LogP contribution >= 0.6 is 11.3 Å². The van der Waals surface area contributed by atoms with Gasteiger partial charge in [-0.3, -0.25) is 9.59 Å². The van der Waals surface area contributed by atoms with Crippen LogP contribution in [0.25, 0.3) is 10.6 Å². The molecule has 1 aromatic carbocycles. The van der Waals surface area contributed by atoms with Crippen molar-refractivity contribution in [2.24, 2.45) is 5.92 Å². The fourth-order valence-electron chi connectivity index (χ4n) is 4.27. The number of carbonyl (C=O) groups is 2. The predicted octanol–water partition coefficient (Wildman–Crippen LogP) is 3.30. The number of hydrogen-bond donors (Lipinski definition) is 1. The minimum absolute atomic E-state index is 0.0312. The van der Waals surface area contributed by atoms with Gasteiger partial charge in [-0.15, -0.1) is 11.3 Å². The second-order valence-corrected chi connectivity index (χ2v) is 9.40. The number of thiazole rings is 1. The maximum Gasteiger partial charge on any atom is 0.308 e. The molecule has 2 aromatic rings. The molecule has 0 bridgehead atoms. The normalized spacial score (nSPS) is 22.1. The van der Waals surface area contributed by atoms with E-state index >= 15 is 0 Å². The molecule has 160 valence electrons. The summed E-state index contributed by atoms with van der Waals surface area (Å²) in [6.45, 7) is 2.13. The highest BCUT2D eigenvalue weighted by molar-refractivity contribution is 7.15. The number of methoxy groups -OCH3 is 1. The average Bonchev–Trinajstić information content (AvgIpc) is 3.11. The first-order chi connectivity index (χ1) is 14.5. The van der Waals surface area contributed by atoms with Crippen LogP contribution in [-0.4, -0.2) is 55.0 Å². The van der Waals surface area contributed by atoms with Crippen molar-refractivity contribution in [3.05, 3.63) is 40.4 Å². The van der Waals surface area contributed by atoms with Crippen molar-refractivity contribution in [3.63, 3.8) is 0 Å². The highest BCUT2D eigenvalue weighted by atomic mass is 32.1. The number of fused-ring (bicyclic) bond motifs is 1. The first kappa shape index (κ1) is 21.0. The molecular formula is C23H29N3O3S. The predicted molar refractivity (Wildman–Crippen MR) is 118 cm³/mol. The number of carbonyl (C=O) groups excluding carboxylic acids is 2. The summed E-state index contributed by atoms with van der Waals surface area (Å²) < 4.78 is 4.83. The van der Waals surface area contributed by atoms with Gasteiger partial charge in [0.25, 0.3) is 5.91 Å². The molecule has 0 saturated heterocycles. The molecule has 2 aliphatic rings. The molecule has 7 heteroatoms. The third-order valence-electron chi connectivity index (χ3n) is 6.22. The lowest BCUT2D eigenvalue weighted by Crippen LogP contribution is -2.38. The molecule has 0 radical (unpaired) electrons. The lowest BCUT2D eigenvalue weighted by molar-refractivity contribution is -0.146. The van der Waals surface area contributed by atoms with Gasteiger partial charge in [-0.2, -0.15) is 0 Å². The number of likely N-dealkylation sites (N-methyl/N-ethyl adjacent to an activating group) is 1. The van der Waals surface area contributed by atoms with E-state index in [1.807, 2.05) is 24.3 Å². The Hall–Kier alpha value is -2.25. The van der Waals surface area contributed by atoms with Crippen LogP contribution in [0.3, 0.4) is 0 Å². The monoisotopic (exact) mass is 427 g/mol. The summed E-state index contributed by atoms with van der Waals surface area (Å²) in [5.74, 6) is -0.223. The molecule has 1 amide bonds. The van der Waals surface area contributed by atoms with Gasteiger partial charge in [0.2, 0.25) is 0 Å². The van der Waals surface area contributed by atoms with Crippen molar-refractivity contribution >= 4 is 23.2 Å². The minimum atomic E-state index is -0.137. The third-order valence-corrected chi connectivity index (χ3v) is 7.43. The molecule has 1 N–H and O–H groups in total. The van der Waals surface area contributed by atoms with Gasteiger partial charge in [0.1, 0.15) is 5.01 Å². The van der Waals surface area contributed by atoms with E-state index in [-0.39, 0.29) is 23.8 Å². The van der Waals surface area contributed by atoms with Crippen molar-refractivity contribution in [3.8, 4) is 10.6 Å². The Morgan fingerprint density at radius 2 is 1.80 bits per heavy atom. The van der Waals surface area contributed by atoms with Crippen LogP contribution < -0.4 is 5.32 Å². The van der Waals surface area contributed by atoms with Gasteiger partial charge in [-0.05, 0) is 51.3 Å². The first-order valence-corrected chi connectivity index (χ1v) is 11.5. The molecule has 6 nitrogen and oxygen atoms in total. The third kappa shape index (κ3) is 4.73. The van der Waals surface area contributed by atoms with Crippen LogP contribution in [0.15, 0.2) is 24.3 Å². The number of benzene rings is 1. The van der Waals surface area contributed by atoms with Crippen LogP contribution in [0.4, 0.5) is 0 Å². The molecule has 1 fully saturated rings. The Morgan fingerprint density at radius 1 is 1.10 bits per heavy atom. The number of rotatable bonds is 4. The Bertz CT molecular complexity index is 875. The van der Waals surface area contributed by atoms with E-state index in [0.29, 0.717) is 5.56 Å². The average molecular weight is 428 g/mol. The lowest BCUT2D eigenvalue weighted by atomic mass is 9.86. The highest BCUT2D eigenvalue weighted by Gasteiger charge is 2.27. The Balaban J connectivity index is 1.35. The number of amides is 1. The van der Waals surface area contributed by atoms with Gasteiger partial charge in [-0.1, -0.05) is 12.1 Å². The van der Waals surface area contributed by atoms with Crippen molar-refractivity contribution in [1.82, 2.24) is 15.2 Å². The van der Waals surface area contributed by atoms with E-state index in [1.165, 1.54) is 17.7 Å². The Kier molecular flexibility index (Phi) is 6.49. The zero-order valence-electron chi connectivity index (χ0n) is 17.6. The van der Waals surface area contributed by atoms with Crippen LogP contribution in [0.2, 0.25) is 0 Å². The molecule has 30 heavy (non-hydrogen) atoms. The molecule has 2 heterocycles. The van der Waals surface area contributed by atoms with Gasteiger partial charge in [0, 0.05) is 41.6 Å². The molecule has 0 atom stereocenters. The molecule has 1 aliphatic heterocycles. The molecule has 0 unspecified atom stereocenters. The fourth-order valence-corrected chi connectivity index (χ4v) is 5.37. The molecular weight excluding hydrogens is 398 g/mol. The molecule has 4 rings (SSSR count). The van der Waals surface area contributed by atoms with Crippen LogP contribution in [0.5, 0.6) is 0 Å². The first-order valence-electron chi connectivity index (χ1n) is 10.7. The van der Waals surface area contributed by atoms with E-state index in [1.54, 1.807) is 11.3 Å². The quantitative estimate of drug-likeness (QED) is 0.758. The summed E-state index contributed by atoms with van der Waals surface area (Å²) in [5.41, 5.74) is 2.95. The van der Waals surface area contributed by atoms with E-state index in [2.05, 4.69) is 17.3 Å². The second-order valence-electron chi connectivity index (χ2n) is 8.31. The maximum atomic E-state index is 12.6. The number of nitrogens with zero attached hydrogens (tertiary/aromatic N) is 2. The zero-order valence-corrected chi connectivity index (χ0v) is 18.5. The van der Waals surface area contributed by atoms with Crippen LogP contribution in [0, 0.1) is 5.92 Å². The van der Waals surface area contributed by atoms with E-state index in [4.69, 9.17) is 9.72 Å². The van der Waals surface area contributed by atoms with Crippen molar-refractivity contribution in [1.29, 1.82) is 0 Å². The molecule has 1 aromatic heterocycles. The summed E-state index contributed by atoms with van der Waals surface area (Å²) in [5, 5.41) is 4.15. The largest absolute Gasteiger partial charge is 0.469 e. The Morgan fingerprint density at radius 3 is 2.50 bits per heavy atom. The molecule has 0 spiro atoms. The van der Waals surface area contributed by atoms with E-state index < -0.39 is 0 Å². The van der Waals surface area contributed by atoms with Crippen LogP contribution in [0.1, 0.15) is 46.6 Å². The maximum absolute atomic E-state index is 12.6. The van der Waals surface area contributed by atoms with Gasteiger partial charge in [-0.25, -0.2) is 4.98 Å². The van der Waals surface area contributed by atoms with Gasteiger partial charge < -0.3 is 15.0 Å². The molecule has 1 saturated carbocycles. The summed E-state index contributed by atoms with van der Waals surface area (Å²) >= 11 is 1.77. The summed E-state index contributed by atoms with van der Waals surface area (Å²) in [6, 6.07) is 7.86. The Labute approximate surface area is 181 Å². The van der Waals surface area contributed by atoms with Gasteiger partial charge in [0.05, 0.1) is 18.7 Å². The topological polar surface area (TPSA) is 71.5 Å². The number of esters is 1. The van der Waals surface area contributed by atoms with E-state index in [0.717, 1.165) is 62.2 Å². The molecule has 1 aliphatic carbocycles. The lowest BCUT2D eigenvalue weighted by Gasteiger charge is -2.27. The number of aromatic nitrogens is 1. The zero-order chi connectivity index (χ0) is 21.1. The standard InChI is InChI=1S/C23H29N3O3S/c1-26-13-11-19-20(12-14-26)30-22(25-19)16-5-3-15(4-6-16)21(27)24-18-9-7-17(8-10-18)23(28)29-2/h3-6,17-18H,7-14H2,1-2H3,(H,24,27)/t17-,18-. The summed E-state index contributed by atoms with van der Waals surface area (Å²) in [6.07, 6.45) is 5.21. The SMILES string of the molecule is COC(=O)[C@H]1CC[C@H](NC(=O)c2ccc(-c3nc4c(s3)CCN(C)CC4)cc2)CC1. The fraction of sp³-hybridized carbons (Fsp3) is 0.522. The summed E-state index contributed by atoms with van der Waals surface area (Å²) in [7, 11) is 3.59. The second kappa shape index (κ2) is 9.27. The van der Waals surface area contributed by atoms with Crippen LogP contribution in [-0.2, 0) is 22.4 Å². The summed E-state index contributed by atoms with van der Waals surface area (Å²) in [4.78, 5) is 32.9. The van der Waals surface area contributed by atoms with Crippen molar-refractivity contribution < 1.29 is 14.3 Å². The minimum Gasteiger partial charge on any atom is -0.469 e.